The second kappa shape index (κ2) is 7.13. The van der Waals surface area contributed by atoms with E-state index < -0.39 is 0 Å². The number of aliphatic hydroxyl groups is 1. The highest BCUT2D eigenvalue weighted by atomic mass is 16.3. The minimum absolute atomic E-state index is 0.131. The Morgan fingerprint density at radius 2 is 1.94 bits per heavy atom. The monoisotopic (exact) mass is 250 g/mol. The van der Waals surface area contributed by atoms with Gasteiger partial charge in [-0.15, -0.1) is 6.58 Å². The predicted molar refractivity (Wildman–Crippen MR) is 79.6 cm³/mol. The van der Waals surface area contributed by atoms with Crippen LogP contribution >= 0.6 is 0 Å². The van der Waals surface area contributed by atoms with Crippen molar-refractivity contribution < 1.29 is 5.11 Å². The molecule has 0 heterocycles. The van der Waals surface area contributed by atoms with E-state index in [4.69, 9.17) is 0 Å². The van der Waals surface area contributed by atoms with E-state index in [0.29, 0.717) is 5.92 Å². The first-order valence-electron chi connectivity index (χ1n) is 7.44. The Morgan fingerprint density at radius 3 is 2.44 bits per heavy atom. The van der Waals surface area contributed by atoms with Crippen molar-refractivity contribution in [2.75, 3.05) is 0 Å². The van der Waals surface area contributed by atoms with Crippen molar-refractivity contribution in [1.29, 1.82) is 0 Å². The van der Waals surface area contributed by atoms with Gasteiger partial charge in [0, 0.05) is 5.41 Å². The Balaban J connectivity index is 2.60. The van der Waals surface area contributed by atoms with Crippen LogP contribution in [-0.2, 0) is 0 Å². The average Bonchev–Trinajstić information content (AvgIpc) is 2.38. The van der Waals surface area contributed by atoms with Gasteiger partial charge in [-0.05, 0) is 45.4 Å². The van der Waals surface area contributed by atoms with Crippen molar-refractivity contribution >= 4 is 0 Å². The highest BCUT2D eigenvalue weighted by Crippen LogP contribution is 2.38. The standard InChI is InChI=1S/C17H30O/c1-5-17(4,13-9-10-14(2)3)16(18)15-11-7-6-8-12-15/h5,10,15-16,18H,1,6-9,11-13H2,2-4H3/t16-,17+/m0/s1. The van der Waals surface area contributed by atoms with Crippen LogP contribution < -0.4 is 0 Å². The molecule has 0 amide bonds. The van der Waals surface area contributed by atoms with Crippen LogP contribution in [0.1, 0.15) is 65.7 Å². The second-order valence-corrected chi connectivity index (χ2v) is 6.37. The van der Waals surface area contributed by atoms with Gasteiger partial charge in [0.05, 0.1) is 6.10 Å². The fourth-order valence-corrected chi connectivity index (χ4v) is 3.03. The molecule has 1 fully saturated rings. The second-order valence-electron chi connectivity index (χ2n) is 6.37. The highest BCUT2D eigenvalue weighted by Gasteiger charge is 2.35. The number of hydrogen-bond acceptors (Lipinski definition) is 1. The largest absolute Gasteiger partial charge is 0.392 e. The molecule has 18 heavy (non-hydrogen) atoms. The van der Waals surface area contributed by atoms with E-state index in [9.17, 15) is 5.11 Å². The minimum Gasteiger partial charge on any atom is -0.392 e. The van der Waals surface area contributed by atoms with Crippen LogP contribution in [0.25, 0.3) is 0 Å². The van der Waals surface area contributed by atoms with Crippen LogP contribution in [0.2, 0.25) is 0 Å². The molecule has 0 saturated heterocycles. The van der Waals surface area contributed by atoms with Crippen molar-refractivity contribution in [2.24, 2.45) is 11.3 Å². The van der Waals surface area contributed by atoms with Crippen LogP contribution in [-0.4, -0.2) is 11.2 Å². The molecule has 1 aliphatic carbocycles. The minimum atomic E-state index is -0.221. The summed E-state index contributed by atoms with van der Waals surface area (Å²) in [4.78, 5) is 0. The lowest BCUT2D eigenvalue weighted by molar-refractivity contribution is 0.000241. The van der Waals surface area contributed by atoms with Gasteiger partial charge in [-0.2, -0.15) is 0 Å². The molecule has 0 unspecified atom stereocenters. The SMILES string of the molecule is C=C[C@](C)(CCC=C(C)C)[C@@H](O)C1CCCCC1. The Morgan fingerprint density at radius 1 is 1.33 bits per heavy atom. The zero-order valence-corrected chi connectivity index (χ0v) is 12.4. The first-order valence-corrected chi connectivity index (χ1v) is 7.44. The van der Waals surface area contributed by atoms with Crippen molar-refractivity contribution in [3.8, 4) is 0 Å². The van der Waals surface area contributed by atoms with Gasteiger partial charge in [-0.3, -0.25) is 0 Å². The van der Waals surface area contributed by atoms with Crippen LogP contribution in [0.15, 0.2) is 24.3 Å². The Labute approximate surface area is 113 Å². The summed E-state index contributed by atoms with van der Waals surface area (Å²) in [5, 5.41) is 10.7. The quantitative estimate of drug-likeness (QED) is 0.667. The number of aliphatic hydroxyl groups excluding tert-OH is 1. The molecule has 1 nitrogen and oxygen atoms in total. The lowest BCUT2D eigenvalue weighted by Gasteiger charge is -2.38. The predicted octanol–water partition coefficient (Wildman–Crippen LogP) is 4.87. The van der Waals surface area contributed by atoms with E-state index in [1.54, 1.807) is 0 Å². The number of hydrogen-bond donors (Lipinski definition) is 1. The topological polar surface area (TPSA) is 20.2 Å². The summed E-state index contributed by atoms with van der Waals surface area (Å²) in [6, 6.07) is 0. The number of allylic oxidation sites excluding steroid dienone is 2. The van der Waals surface area contributed by atoms with E-state index in [1.165, 1.54) is 37.7 Å². The van der Waals surface area contributed by atoms with Gasteiger partial charge in [0.25, 0.3) is 0 Å². The van der Waals surface area contributed by atoms with Crippen molar-refractivity contribution in [1.82, 2.24) is 0 Å². The normalized spacial score (nSPS) is 22.0. The molecule has 1 N–H and O–H groups in total. The summed E-state index contributed by atoms with van der Waals surface area (Å²) < 4.78 is 0. The molecule has 0 aromatic rings. The summed E-state index contributed by atoms with van der Waals surface area (Å²) in [7, 11) is 0. The van der Waals surface area contributed by atoms with Gasteiger partial charge >= 0.3 is 0 Å². The molecule has 0 bridgehead atoms. The van der Waals surface area contributed by atoms with Crippen LogP contribution in [0.5, 0.6) is 0 Å². The molecule has 0 aliphatic heterocycles. The zero-order valence-electron chi connectivity index (χ0n) is 12.4. The molecule has 1 saturated carbocycles. The van der Waals surface area contributed by atoms with Crippen LogP contribution in [0.4, 0.5) is 0 Å². The molecule has 1 aliphatic rings. The average molecular weight is 250 g/mol. The Kier molecular flexibility index (Phi) is 6.14. The van der Waals surface area contributed by atoms with Crippen molar-refractivity contribution in [3.63, 3.8) is 0 Å². The van der Waals surface area contributed by atoms with Crippen molar-refractivity contribution in [3.05, 3.63) is 24.3 Å². The maximum Gasteiger partial charge on any atom is 0.0656 e. The van der Waals surface area contributed by atoms with Crippen molar-refractivity contribution in [2.45, 2.75) is 71.8 Å². The maximum atomic E-state index is 10.7. The van der Waals surface area contributed by atoms with Crippen LogP contribution in [0.3, 0.4) is 0 Å². The first kappa shape index (κ1) is 15.5. The third-order valence-corrected chi connectivity index (χ3v) is 4.47. The Hall–Kier alpha value is -0.560. The Bertz CT molecular complexity index is 282. The molecule has 0 aromatic carbocycles. The first-order chi connectivity index (χ1) is 8.49. The molecule has 0 spiro atoms. The van der Waals surface area contributed by atoms with E-state index in [-0.39, 0.29) is 11.5 Å². The zero-order chi connectivity index (χ0) is 13.6. The fraction of sp³-hybridized carbons (Fsp3) is 0.765. The summed E-state index contributed by atoms with van der Waals surface area (Å²) in [6.45, 7) is 10.4. The summed E-state index contributed by atoms with van der Waals surface area (Å²) in [5.74, 6) is 0.480. The van der Waals surface area contributed by atoms with E-state index in [1.807, 2.05) is 6.08 Å². The van der Waals surface area contributed by atoms with Gasteiger partial charge in [0.1, 0.15) is 0 Å². The van der Waals surface area contributed by atoms with Gasteiger partial charge < -0.3 is 5.11 Å². The molecule has 0 radical (unpaired) electrons. The molecule has 1 rings (SSSR count). The lowest BCUT2D eigenvalue weighted by Crippen LogP contribution is -2.37. The molecule has 2 atom stereocenters. The van der Waals surface area contributed by atoms with Gasteiger partial charge in [-0.25, -0.2) is 0 Å². The summed E-state index contributed by atoms with van der Waals surface area (Å²) in [6.07, 6.45) is 12.3. The lowest BCUT2D eigenvalue weighted by atomic mass is 9.70. The molecule has 1 heteroatoms. The third-order valence-electron chi connectivity index (χ3n) is 4.47. The molecule has 0 aromatic heterocycles. The van der Waals surface area contributed by atoms with Gasteiger partial charge in [0.2, 0.25) is 0 Å². The highest BCUT2D eigenvalue weighted by molar-refractivity contribution is 5.02. The summed E-state index contributed by atoms with van der Waals surface area (Å²) in [5.41, 5.74) is 1.22. The van der Waals surface area contributed by atoms with E-state index in [2.05, 4.69) is 33.4 Å². The molecule has 104 valence electrons. The summed E-state index contributed by atoms with van der Waals surface area (Å²) >= 11 is 0. The number of rotatable bonds is 6. The van der Waals surface area contributed by atoms with Gasteiger partial charge in [0.15, 0.2) is 0 Å². The van der Waals surface area contributed by atoms with Gasteiger partial charge in [-0.1, -0.05) is 43.9 Å². The third kappa shape index (κ3) is 4.28. The van der Waals surface area contributed by atoms with E-state index in [0.717, 1.165) is 12.8 Å². The smallest absolute Gasteiger partial charge is 0.0656 e. The maximum absolute atomic E-state index is 10.7. The molecular weight excluding hydrogens is 220 g/mol. The van der Waals surface area contributed by atoms with E-state index >= 15 is 0 Å². The molecular formula is C17H30O. The fourth-order valence-electron chi connectivity index (χ4n) is 3.03. The van der Waals surface area contributed by atoms with Crippen LogP contribution in [0, 0.1) is 11.3 Å².